The molecular weight excluding hydrogens is 431 g/mol. The molecule has 0 spiro atoms. The van der Waals surface area contributed by atoms with Crippen LogP contribution in [-0.4, -0.2) is 20.9 Å². The van der Waals surface area contributed by atoms with Crippen LogP contribution in [0.15, 0.2) is 71.6 Å². The standard InChI is InChI=1S/C24H23FN2O4S/c1-2-31-23-12-10-20(15-21(23)25)32(29,30)26-19-9-11-22-18(14-19)8-13-24(28)27(22)16-17-6-4-3-5-7-17/h3-7,9-12,14-15,26H,2,8,13,16H2,1H3. The first-order valence-corrected chi connectivity index (χ1v) is 11.8. The van der Waals surface area contributed by atoms with Crippen LogP contribution in [0.2, 0.25) is 0 Å². The van der Waals surface area contributed by atoms with E-state index in [1.165, 1.54) is 12.1 Å². The van der Waals surface area contributed by atoms with Crippen LogP contribution in [-0.2, 0) is 27.8 Å². The van der Waals surface area contributed by atoms with E-state index in [1.807, 2.05) is 30.3 Å². The predicted octanol–water partition coefficient (Wildman–Crippen LogP) is 4.50. The molecule has 3 aromatic rings. The zero-order chi connectivity index (χ0) is 22.7. The Kier molecular flexibility index (Phi) is 6.14. The van der Waals surface area contributed by atoms with Crippen LogP contribution in [0.1, 0.15) is 24.5 Å². The lowest BCUT2D eigenvalue weighted by atomic mass is 10.00. The minimum Gasteiger partial charge on any atom is -0.491 e. The molecule has 8 heteroatoms. The number of ether oxygens (including phenoxy) is 1. The molecule has 1 heterocycles. The molecule has 0 bridgehead atoms. The smallest absolute Gasteiger partial charge is 0.262 e. The number of carbonyl (C=O) groups excluding carboxylic acids is 1. The first-order valence-electron chi connectivity index (χ1n) is 10.3. The summed E-state index contributed by atoms with van der Waals surface area (Å²) in [5, 5.41) is 0. The molecule has 1 aliphatic rings. The van der Waals surface area contributed by atoms with Crippen molar-refractivity contribution < 1.29 is 22.3 Å². The summed E-state index contributed by atoms with van der Waals surface area (Å²) >= 11 is 0. The molecule has 166 valence electrons. The summed E-state index contributed by atoms with van der Waals surface area (Å²) in [6, 6.07) is 18.3. The molecule has 0 saturated carbocycles. The highest BCUT2D eigenvalue weighted by molar-refractivity contribution is 7.92. The summed E-state index contributed by atoms with van der Waals surface area (Å²) in [6.07, 6.45) is 0.868. The van der Waals surface area contributed by atoms with Gasteiger partial charge in [0.25, 0.3) is 10.0 Å². The molecule has 3 aromatic carbocycles. The van der Waals surface area contributed by atoms with E-state index >= 15 is 0 Å². The number of hydrogen-bond donors (Lipinski definition) is 1. The summed E-state index contributed by atoms with van der Waals surface area (Å²) in [5.74, 6) is -0.710. The van der Waals surface area contributed by atoms with Gasteiger partial charge in [-0.1, -0.05) is 30.3 Å². The van der Waals surface area contributed by atoms with E-state index in [4.69, 9.17) is 4.74 Å². The van der Waals surface area contributed by atoms with Crippen LogP contribution in [0.4, 0.5) is 15.8 Å². The Morgan fingerprint density at radius 3 is 2.53 bits per heavy atom. The van der Waals surface area contributed by atoms with Gasteiger partial charge in [0.2, 0.25) is 5.91 Å². The molecule has 0 aromatic heterocycles. The van der Waals surface area contributed by atoms with E-state index in [1.54, 1.807) is 30.0 Å². The molecule has 0 aliphatic carbocycles. The van der Waals surface area contributed by atoms with Gasteiger partial charge in [-0.15, -0.1) is 0 Å². The fourth-order valence-electron chi connectivity index (χ4n) is 3.70. The maximum absolute atomic E-state index is 14.1. The highest BCUT2D eigenvalue weighted by Crippen LogP contribution is 2.32. The van der Waals surface area contributed by atoms with Crippen molar-refractivity contribution in [3.05, 3.63) is 83.7 Å². The van der Waals surface area contributed by atoms with Crippen molar-refractivity contribution in [3.8, 4) is 5.75 Å². The van der Waals surface area contributed by atoms with Gasteiger partial charge in [0.1, 0.15) is 0 Å². The fraction of sp³-hybridized carbons (Fsp3) is 0.208. The SMILES string of the molecule is CCOc1ccc(S(=O)(=O)Nc2ccc3c(c2)CCC(=O)N3Cc2ccccc2)cc1F. The Morgan fingerprint density at radius 2 is 1.81 bits per heavy atom. The number of benzene rings is 3. The molecule has 32 heavy (non-hydrogen) atoms. The number of fused-ring (bicyclic) bond motifs is 1. The lowest BCUT2D eigenvalue weighted by molar-refractivity contribution is -0.119. The molecule has 4 rings (SSSR count). The number of anilines is 2. The van der Waals surface area contributed by atoms with E-state index in [2.05, 4.69) is 4.72 Å². The third-order valence-electron chi connectivity index (χ3n) is 5.23. The number of sulfonamides is 1. The van der Waals surface area contributed by atoms with Crippen molar-refractivity contribution in [1.29, 1.82) is 0 Å². The average molecular weight is 455 g/mol. The molecule has 1 N–H and O–H groups in total. The quantitative estimate of drug-likeness (QED) is 0.570. The highest BCUT2D eigenvalue weighted by Gasteiger charge is 2.25. The van der Waals surface area contributed by atoms with Crippen LogP contribution >= 0.6 is 0 Å². The summed E-state index contributed by atoms with van der Waals surface area (Å²) in [6.45, 7) is 2.44. The number of hydrogen-bond acceptors (Lipinski definition) is 4. The number of halogens is 1. The van der Waals surface area contributed by atoms with Gasteiger partial charge in [0.05, 0.1) is 18.0 Å². The average Bonchev–Trinajstić information content (AvgIpc) is 2.77. The zero-order valence-electron chi connectivity index (χ0n) is 17.5. The molecule has 0 atom stereocenters. The molecule has 0 radical (unpaired) electrons. The number of nitrogens with zero attached hydrogens (tertiary/aromatic N) is 1. The third kappa shape index (κ3) is 4.60. The van der Waals surface area contributed by atoms with Crippen molar-refractivity contribution in [1.82, 2.24) is 0 Å². The van der Waals surface area contributed by atoms with E-state index < -0.39 is 15.8 Å². The Morgan fingerprint density at radius 1 is 1.03 bits per heavy atom. The minimum absolute atomic E-state index is 0.00315. The first kappa shape index (κ1) is 21.8. The van der Waals surface area contributed by atoms with E-state index in [-0.39, 0.29) is 23.2 Å². The van der Waals surface area contributed by atoms with Crippen LogP contribution in [0.5, 0.6) is 5.75 Å². The Hall–Kier alpha value is -3.39. The van der Waals surface area contributed by atoms with Crippen LogP contribution in [0, 0.1) is 5.82 Å². The lowest BCUT2D eigenvalue weighted by Crippen LogP contribution is -2.34. The van der Waals surface area contributed by atoms with Crippen molar-refractivity contribution in [2.45, 2.75) is 31.2 Å². The number of nitrogens with one attached hydrogen (secondary N) is 1. The van der Waals surface area contributed by atoms with E-state index in [0.29, 0.717) is 25.1 Å². The molecular formula is C24H23FN2O4S. The van der Waals surface area contributed by atoms with Gasteiger partial charge in [-0.2, -0.15) is 0 Å². The van der Waals surface area contributed by atoms with Gasteiger partial charge in [-0.05, 0) is 60.9 Å². The molecule has 0 saturated heterocycles. The van der Waals surface area contributed by atoms with Gasteiger partial charge >= 0.3 is 0 Å². The minimum atomic E-state index is -3.99. The molecule has 0 unspecified atom stereocenters. The normalized spacial score (nSPS) is 13.6. The molecule has 0 fully saturated rings. The van der Waals surface area contributed by atoms with Gasteiger partial charge in [-0.3, -0.25) is 9.52 Å². The van der Waals surface area contributed by atoms with E-state index in [9.17, 15) is 17.6 Å². The fourth-order valence-corrected chi connectivity index (χ4v) is 4.76. The summed E-state index contributed by atoms with van der Waals surface area (Å²) < 4.78 is 47.3. The molecule has 6 nitrogen and oxygen atoms in total. The number of rotatable bonds is 7. The van der Waals surface area contributed by atoms with Gasteiger partial charge in [-0.25, -0.2) is 12.8 Å². The van der Waals surface area contributed by atoms with Crippen molar-refractivity contribution in [3.63, 3.8) is 0 Å². The summed E-state index contributed by atoms with van der Waals surface area (Å²) in [7, 11) is -3.99. The third-order valence-corrected chi connectivity index (χ3v) is 6.61. The molecule has 1 amide bonds. The summed E-state index contributed by atoms with van der Waals surface area (Å²) in [4.78, 5) is 14.1. The van der Waals surface area contributed by atoms with Gasteiger partial charge in [0, 0.05) is 17.8 Å². The first-order chi connectivity index (χ1) is 15.4. The number of aryl methyl sites for hydroxylation is 1. The Labute approximate surface area is 186 Å². The zero-order valence-corrected chi connectivity index (χ0v) is 18.4. The van der Waals surface area contributed by atoms with Crippen molar-refractivity contribution in [2.24, 2.45) is 0 Å². The van der Waals surface area contributed by atoms with Crippen molar-refractivity contribution in [2.75, 3.05) is 16.2 Å². The maximum Gasteiger partial charge on any atom is 0.262 e. The van der Waals surface area contributed by atoms with Gasteiger partial charge in [0.15, 0.2) is 11.6 Å². The lowest BCUT2D eigenvalue weighted by Gasteiger charge is -2.30. The number of carbonyl (C=O) groups is 1. The van der Waals surface area contributed by atoms with Crippen molar-refractivity contribution >= 4 is 27.3 Å². The second-order valence-electron chi connectivity index (χ2n) is 7.44. The Bertz CT molecular complexity index is 1250. The number of amides is 1. The molecule has 1 aliphatic heterocycles. The van der Waals surface area contributed by atoms with E-state index in [0.717, 1.165) is 22.9 Å². The second kappa shape index (κ2) is 9.00. The predicted molar refractivity (Wildman–Crippen MR) is 121 cm³/mol. The summed E-state index contributed by atoms with van der Waals surface area (Å²) in [5.41, 5.74) is 3.00. The van der Waals surface area contributed by atoms with Crippen LogP contribution < -0.4 is 14.4 Å². The second-order valence-corrected chi connectivity index (χ2v) is 9.12. The van der Waals surface area contributed by atoms with Crippen LogP contribution in [0.3, 0.4) is 0 Å². The Balaban J connectivity index is 1.57. The van der Waals surface area contributed by atoms with Gasteiger partial charge < -0.3 is 9.64 Å². The highest BCUT2D eigenvalue weighted by atomic mass is 32.2. The monoisotopic (exact) mass is 454 g/mol. The topological polar surface area (TPSA) is 75.7 Å². The van der Waals surface area contributed by atoms with Crippen LogP contribution in [0.25, 0.3) is 0 Å². The largest absolute Gasteiger partial charge is 0.491 e. The maximum atomic E-state index is 14.1.